The number of piperazine rings is 1. The molecule has 0 aliphatic carbocycles. The van der Waals surface area contributed by atoms with Gasteiger partial charge in [-0.1, -0.05) is 11.6 Å². The smallest absolute Gasteiger partial charge is 0.273 e. The maximum Gasteiger partial charge on any atom is 0.273 e. The second kappa shape index (κ2) is 10.2. The Hall–Kier alpha value is -1.05. The quantitative estimate of drug-likeness (QED) is 0.821. The number of nitrogens with two attached hydrogens (primary N) is 1. The molecular formula is C16H21Cl3N4OS. The summed E-state index contributed by atoms with van der Waals surface area (Å²) in [4.78, 5) is 21.0. The van der Waals surface area contributed by atoms with Gasteiger partial charge in [0.15, 0.2) is 0 Å². The normalized spacial score (nSPS) is 13.8. The topological polar surface area (TPSA) is 62.5 Å². The number of thiazole rings is 1. The summed E-state index contributed by atoms with van der Waals surface area (Å²) in [5.74, 6) is 0.0141. The highest BCUT2D eigenvalue weighted by atomic mass is 35.5. The monoisotopic (exact) mass is 422 g/mol. The molecule has 0 unspecified atom stereocenters. The van der Waals surface area contributed by atoms with Gasteiger partial charge < -0.3 is 15.5 Å². The van der Waals surface area contributed by atoms with Gasteiger partial charge in [-0.3, -0.25) is 4.79 Å². The largest absolute Gasteiger partial charge is 0.368 e. The number of benzene rings is 1. The molecule has 0 saturated carbocycles. The van der Waals surface area contributed by atoms with E-state index in [1.165, 1.54) is 11.3 Å². The number of carbonyl (C=O) groups excluding carboxylic acids is 1. The number of anilines is 1. The van der Waals surface area contributed by atoms with E-state index in [0.29, 0.717) is 25.3 Å². The Morgan fingerprint density at radius 2 is 1.80 bits per heavy atom. The Balaban J connectivity index is 0.00000156. The number of carbonyl (C=O) groups is 1. The van der Waals surface area contributed by atoms with E-state index >= 15 is 0 Å². The fourth-order valence-electron chi connectivity index (χ4n) is 2.63. The summed E-state index contributed by atoms with van der Waals surface area (Å²) >= 11 is 7.43. The molecule has 3 rings (SSSR count). The molecule has 1 aromatic carbocycles. The van der Waals surface area contributed by atoms with Crippen molar-refractivity contribution in [2.75, 3.05) is 37.6 Å². The Labute approximate surface area is 169 Å². The Kier molecular flexibility index (Phi) is 8.96. The summed E-state index contributed by atoms with van der Waals surface area (Å²) in [5.41, 5.74) is 7.21. The minimum absolute atomic E-state index is 0. The molecule has 0 atom stereocenters. The fourth-order valence-corrected chi connectivity index (χ4v) is 3.54. The average molecular weight is 424 g/mol. The molecule has 2 N–H and O–H groups in total. The molecule has 0 bridgehead atoms. The highest BCUT2D eigenvalue weighted by Crippen LogP contribution is 2.20. The van der Waals surface area contributed by atoms with E-state index in [1.807, 2.05) is 34.5 Å². The van der Waals surface area contributed by atoms with Gasteiger partial charge in [0.2, 0.25) is 0 Å². The third-order valence-corrected chi connectivity index (χ3v) is 5.05. The van der Waals surface area contributed by atoms with E-state index in [9.17, 15) is 4.79 Å². The predicted molar refractivity (Wildman–Crippen MR) is 109 cm³/mol. The van der Waals surface area contributed by atoms with Gasteiger partial charge in [0, 0.05) is 48.7 Å². The van der Waals surface area contributed by atoms with Crippen molar-refractivity contribution in [1.29, 1.82) is 0 Å². The first-order chi connectivity index (χ1) is 11.2. The zero-order chi connectivity index (χ0) is 16.2. The Morgan fingerprint density at radius 3 is 2.40 bits per heavy atom. The first kappa shape index (κ1) is 22.0. The van der Waals surface area contributed by atoms with Crippen LogP contribution in [0.4, 0.5) is 5.69 Å². The van der Waals surface area contributed by atoms with Crippen molar-refractivity contribution in [3.8, 4) is 0 Å². The van der Waals surface area contributed by atoms with Crippen molar-refractivity contribution in [3.63, 3.8) is 0 Å². The van der Waals surface area contributed by atoms with Gasteiger partial charge >= 0.3 is 0 Å². The lowest BCUT2D eigenvalue weighted by atomic mass is 10.2. The van der Waals surface area contributed by atoms with Gasteiger partial charge in [0.1, 0.15) is 5.69 Å². The first-order valence-electron chi connectivity index (χ1n) is 7.61. The molecule has 9 heteroatoms. The summed E-state index contributed by atoms with van der Waals surface area (Å²) in [6.07, 6.45) is 0.724. The SMILES string of the molecule is Cl.Cl.NCCc1nc(C(=O)N2CCN(c3ccc(Cl)cc3)CC2)cs1. The van der Waals surface area contributed by atoms with E-state index in [0.717, 1.165) is 35.2 Å². The molecule has 1 fully saturated rings. The fraction of sp³-hybridized carbons (Fsp3) is 0.375. The number of rotatable bonds is 4. The molecule has 138 valence electrons. The molecule has 5 nitrogen and oxygen atoms in total. The maximum atomic E-state index is 12.5. The van der Waals surface area contributed by atoms with Crippen LogP contribution in [-0.2, 0) is 6.42 Å². The lowest BCUT2D eigenvalue weighted by molar-refractivity contribution is 0.0741. The summed E-state index contributed by atoms with van der Waals surface area (Å²) in [7, 11) is 0. The summed E-state index contributed by atoms with van der Waals surface area (Å²) in [6, 6.07) is 7.81. The van der Waals surface area contributed by atoms with E-state index in [2.05, 4.69) is 9.88 Å². The number of amides is 1. The molecule has 1 aliphatic rings. The lowest BCUT2D eigenvalue weighted by Crippen LogP contribution is -2.48. The van der Waals surface area contributed by atoms with Crippen LogP contribution in [-0.4, -0.2) is 48.5 Å². The van der Waals surface area contributed by atoms with Crippen molar-refractivity contribution < 1.29 is 4.79 Å². The number of halogens is 3. The first-order valence-corrected chi connectivity index (χ1v) is 8.87. The molecule has 1 amide bonds. The van der Waals surface area contributed by atoms with Gasteiger partial charge in [0.05, 0.1) is 5.01 Å². The number of nitrogens with zero attached hydrogens (tertiary/aromatic N) is 3. The van der Waals surface area contributed by atoms with Crippen molar-refractivity contribution in [2.24, 2.45) is 5.73 Å². The zero-order valence-electron chi connectivity index (χ0n) is 13.6. The zero-order valence-corrected chi connectivity index (χ0v) is 16.8. The summed E-state index contributed by atoms with van der Waals surface area (Å²) < 4.78 is 0. The Bertz CT molecular complexity index is 672. The van der Waals surface area contributed by atoms with E-state index in [4.69, 9.17) is 17.3 Å². The summed E-state index contributed by atoms with van der Waals surface area (Å²) in [6.45, 7) is 3.58. The molecule has 1 aliphatic heterocycles. The molecule has 0 radical (unpaired) electrons. The second-order valence-corrected chi connectivity index (χ2v) is 6.80. The minimum Gasteiger partial charge on any atom is -0.368 e. The van der Waals surface area contributed by atoms with Gasteiger partial charge in [-0.25, -0.2) is 4.98 Å². The van der Waals surface area contributed by atoms with E-state index in [-0.39, 0.29) is 30.7 Å². The predicted octanol–water partition coefficient (Wildman–Crippen LogP) is 3.10. The molecule has 2 heterocycles. The molecule has 2 aromatic rings. The highest BCUT2D eigenvalue weighted by molar-refractivity contribution is 7.09. The van der Waals surface area contributed by atoms with Crippen molar-refractivity contribution >= 4 is 59.3 Å². The van der Waals surface area contributed by atoms with Crippen LogP contribution in [0.25, 0.3) is 0 Å². The summed E-state index contributed by atoms with van der Waals surface area (Å²) in [5, 5.41) is 3.49. The molecule has 25 heavy (non-hydrogen) atoms. The van der Waals surface area contributed by atoms with Crippen LogP contribution in [0.15, 0.2) is 29.6 Å². The van der Waals surface area contributed by atoms with Crippen LogP contribution in [0, 0.1) is 0 Å². The van der Waals surface area contributed by atoms with Crippen LogP contribution in [0.2, 0.25) is 5.02 Å². The number of aromatic nitrogens is 1. The molecular weight excluding hydrogens is 403 g/mol. The number of hydrogen-bond donors (Lipinski definition) is 1. The molecule has 0 spiro atoms. The second-order valence-electron chi connectivity index (χ2n) is 5.42. The van der Waals surface area contributed by atoms with Gasteiger partial charge in [0.25, 0.3) is 5.91 Å². The number of hydrogen-bond acceptors (Lipinski definition) is 5. The van der Waals surface area contributed by atoms with Gasteiger partial charge in [-0.05, 0) is 30.8 Å². The third-order valence-electron chi connectivity index (χ3n) is 3.89. The maximum absolute atomic E-state index is 12.5. The van der Waals surface area contributed by atoms with Crippen molar-refractivity contribution in [1.82, 2.24) is 9.88 Å². The van der Waals surface area contributed by atoms with E-state index < -0.39 is 0 Å². The molecule has 1 aromatic heterocycles. The third kappa shape index (κ3) is 5.46. The lowest BCUT2D eigenvalue weighted by Gasteiger charge is -2.35. The average Bonchev–Trinajstić information content (AvgIpc) is 3.04. The van der Waals surface area contributed by atoms with Gasteiger partial charge in [-0.15, -0.1) is 36.2 Å². The van der Waals surface area contributed by atoms with Crippen LogP contribution in [0.1, 0.15) is 15.5 Å². The van der Waals surface area contributed by atoms with E-state index in [1.54, 1.807) is 0 Å². The van der Waals surface area contributed by atoms with Crippen LogP contribution >= 0.6 is 47.8 Å². The van der Waals surface area contributed by atoms with Crippen molar-refractivity contribution in [3.05, 3.63) is 45.4 Å². The standard InChI is InChI=1S/C16H19ClN4OS.2ClH/c17-12-1-3-13(4-2-12)20-7-9-21(10-8-20)16(22)14-11-23-15(19-14)5-6-18;;/h1-4,11H,5-10,18H2;2*1H. The Morgan fingerprint density at radius 1 is 1.16 bits per heavy atom. The van der Waals surface area contributed by atoms with Crippen LogP contribution in [0.3, 0.4) is 0 Å². The van der Waals surface area contributed by atoms with Gasteiger partial charge in [-0.2, -0.15) is 0 Å². The van der Waals surface area contributed by atoms with Crippen molar-refractivity contribution in [2.45, 2.75) is 6.42 Å². The minimum atomic E-state index is 0. The van der Waals surface area contributed by atoms with Crippen LogP contribution < -0.4 is 10.6 Å². The van der Waals surface area contributed by atoms with Crippen LogP contribution in [0.5, 0.6) is 0 Å². The highest BCUT2D eigenvalue weighted by Gasteiger charge is 2.23. The molecule has 1 saturated heterocycles.